The second kappa shape index (κ2) is 7.86. The summed E-state index contributed by atoms with van der Waals surface area (Å²) in [5, 5.41) is 3.51. The minimum Gasteiger partial charge on any atom is -0.312 e. The molecular formula is C14H30N2. The Morgan fingerprint density at radius 3 is 2.31 bits per heavy atom. The molecule has 0 spiro atoms. The van der Waals surface area contributed by atoms with Crippen molar-refractivity contribution in [1.82, 2.24) is 10.2 Å². The molecule has 2 nitrogen and oxygen atoms in total. The van der Waals surface area contributed by atoms with E-state index in [0.29, 0.717) is 0 Å². The van der Waals surface area contributed by atoms with E-state index in [1.165, 1.54) is 31.4 Å². The van der Waals surface area contributed by atoms with Crippen LogP contribution in [-0.4, -0.2) is 37.1 Å². The summed E-state index contributed by atoms with van der Waals surface area (Å²) in [5.41, 5.74) is 1.51. The maximum atomic E-state index is 3.93. The highest BCUT2D eigenvalue weighted by Gasteiger charge is 2.06. The molecule has 0 aliphatic heterocycles. The Kier molecular flexibility index (Phi) is 7.69. The lowest BCUT2D eigenvalue weighted by atomic mass is 10.1. The first-order valence-electron chi connectivity index (χ1n) is 6.39. The van der Waals surface area contributed by atoms with Gasteiger partial charge in [0.15, 0.2) is 0 Å². The number of nitrogens with one attached hydrogen (secondary N) is 1. The molecule has 0 saturated heterocycles. The van der Waals surface area contributed by atoms with E-state index < -0.39 is 0 Å². The number of likely N-dealkylation sites (N-methyl/N-ethyl adjacent to an activating group) is 1. The molecule has 0 aromatic rings. The van der Waals surface area contributed by atoms with Crippen LogP contribution >= 0.6 is 0 Å². The largest absolute Gasteiger partial charge is 0.312 e. The van der Waals surface area contributed by atoms with Gasteiger partial charge in [-0.25, -0.2) is 0 Å². The number of nitrogens with zero attached hydrogens (tertiary/aromatic N) is 1. The van der Waals surface area contributed by atoms with Crippen molar-refractivity contribution < 1.29 is 0 Å². The van der Waals surface area contributed by atoms with E-state index in [2.05, 4.69) is 51.5 Å². The summed E-state index contributed by atoms with van der Waals surface area (Å²) >= 11 is 0. The smallest absolute Gasteiger partial charge is 0.0184 e. The van der Waals surface area contributed by atoms with Crippen LogP contribution < -0.4 is 5.32 Å². The number of hydrogen-bond acceptors (Lipinski definition) is 2. The zero-order valence-corrected chi connectivity index (χ0v) is 11.9. The first-order chi connectivity index (χ1) is 7.31. The van der Waals surface area contributed by atoms with Gasteiger partial charge in [-0.1, -0.05) is 18.6 Å². The molecule has 0 amide bonds. The predicted molar refractivity (Wildman–Crippen MR) is 73.9 cm³/mol. The van der Waals surface area contributed by atoms with E-state index in [0.717, 1.165) is 13.1 Å². The average molecular weight is 226 g/mol. The Morgan fingerprint density at radius 2 is 1.81 bits per heavy atom. The molecule has 0 heterocycles. The molecule has 0 atom stereocenters. The normalized spacial score (nSPS) is 12.1. The van der Waals surface area contributed by atoms with Gasteiger partial charge in [0, 0.05) is 12.1 Å². The van der Waals surface area contributed by atoms with Crippen molar-refractivity contribution in [2.24, 2.45) is 0 Å². The third-order valence-corrected chi connectivity index (χ3v) is 2.41. The number of unbranched alkanes of at least 4 members (excludes halogenated alkanes) is 2. The van der Waals surface area contributed by atoms with Crippen LogP contribution in [0.25, 0.3) is 0 Å². The molecule has 0 rings (SSSR count). The molecule has 0 aliphatic carbocycles. The lowest BCUT2D eigenvalue weighted by Crippen LogP contribution is -2.36. The highest BCUT2D eigenvalue weighted by atomic mass is 15.1. The lowest BCUT2D eigenvalue weighted by Gasteiger charge is -2.20. The highest BCUT2D eigenvalue weighted by Crippen LogP contribution is 2.02. The summed E-state index contributed by atoms with van der Waals surface area (Å²) in [6.45, 7) is 16.0. The van der Waals surface area contributed by atoms with Gasteiger partial charge in [0.25, 0.3) is 0 Å². The fraction of sp³-hybridized carbons (Fsp3) is 0.857. The van der Waals surface area contributed by atoms with Crippen molar-refractivity contribution in [2.75, 3.05) is 26.7 Å². The van der Waals surface area contributed by atoms with E-state index in [1.54, 1.807) is 0 Å². The standard InChI is InChI=1S/C14H30N2/c1-13(2)12-16(6)11-9-7-8-10-15-14(3,4)5/h15H,1,7-12H2,2-6H3. The Balaban J connectivity index is 3.30. The fourth-order valence-corrected chi connectivity index (χ4v) is 1.69. The molecule has 0 fully saturated rings. The predicted octanol–water partition coefficient (Wildman–Crippen LogP) is 3.05. The number of hydrogen-bond donors (Lipinski definition) is 1. The molecule has 1 N–H and O–H groups in total. The minimum absolute atomic E-state index is 0.261. The van der Waals surface area contributed by atoms with Crippen LogP contribution in [0.3, 0.4) is 0 Å². The van der Waals surface area contributed by atoms with E-state index in [4.69, 9.17) is 0 Å². The summed E-state index contributed by atoms with van der Waals surface area (Å²) in [6, 6.07) is 0. The van der Waals surface area contributed by atoms with Crippen LogP contribution in [0.1, 0.15) is 47.0 Å². The molecule has 0 aromatic carbocycles. The first-order valence-corrected chi connectivity index (χ1v) is 6.39. The summed E-state index contributed by atoms with van der Waals surface area (Å²) in [7, 11) is 2.17. The maximum Gasteiger partial charge on any atom is 0.0184 e. The Morgan fingerprint density at radius 1 is 1.19 bits per heavy atom. The minimum atomic E-state index is 0.261. The summed E-state index contributed by atoms with van der Waals surface area (Å²) in [4.78, 5) is 2.35. The van der Waals surface area contributed by atoms with Gasteiger partial charge in [0.2, 0.25) is 0 Å². The lowest BCUT2D eigenvalue weighted by molar-refractivity contribution is 0.346. The van der Waals surface area contributed by atoms with Gasteiger partial charge < -0.3 is 10.2 Å². The third kappa shape index (κ3) is 11.7. The van der Waals surface area contributed by atoms with Gasteiger partial charge in [-0.05, 0) is 60.7 Å². The van der Waals surface area contributed by atoms with E-state index in [9.17, 15) is 0 Å². The van der Waals surface area contributed by atoms with Crippen LogP contribution in [0.5, 0.6) is 0 Å². The third-order valence-electron chi connectivity index (χ3n) is 2.41. The van der Waals surface area contributed by atoms with E-state index >= 15 is 0 Å². The molecule has 0 saturated carbocycles. The van der Waals surface area contributed by atoms with Crippen LogP contribution in [0.2, 0.25) is 0 Å². The molecule has 0 bridgehead atoms. The summed E-state index contributed by atoms with van der Waals surface area (Å²) < 4.78 is 0. The maximum absolute atomic E-state index is 3.93. The fourth-order valence-electron chi connectivity index (χ4n) is 1.69. The second-order valence-corrected chi connectivity index (χ2v) is 5.93. The van der Waals surface area contributed by atoms with Crippen molar-refractivity contribution in [1.29, 1.82) is 0 Å². The van der Waals surface area contributed by atoms with Gasteiger partial charge in [-0.15, -0.1) is 0 Å². The zero-order chi connectivity index (χ0) is 12.6. The van der Waals surface area contributed by atoms with Gasteiger partial charge in [0.1, 0.15) is 0 Å². The molecule has 0 aromatic heterocycles. The zero-order valence-electron chi connectivity index (χ0n) is 11.9. The monoisotopic (exact) mass is 226 g/mol. The van der Waals surface area contributed by atoms with Crippen molar-refractivity contribution in [3.8, 4) is 0 Å². The molecule has 0 radical (unpaired) electrons. The van der Waals surface area contributed by atoms with Crippen molar-refractivity contribution in [3.63, 3.8) is 0 Å². The van der Waals surface area contributed by atoms with Crippen LogP contribution in [0.4, 0.5) is 0 Å². The van der Waals surface area contributed by atoms with Gasteiger partial charge in [-0.3, -0.25) is 0 Å². The first kappa shape index (κ1) is 15.7. The summed E-state index contributed by atoms with van der Waals surface area (Å²) in [6.07, 6.45) is 3.87. The molecule has 16 heavy (non-hydrogen) atoms. The van der Waals surface area contributed by atoms with Gasteiger partial charge in [0.05, 0.1) is 0 Å². The van der Waals surface area contributed by atoms with Crippen molar-refractivity contribution in [3.05, 3.63) is 12.2 Å². The number of rotatable bonds is 8. The molecule has 2 heteroatoms. The second-order valence-electron chi connectivity index (χ2n) is 5.93. The highest BCUT2D eigenvalue weighted by molar-refractivity contribution is 4.90. The molecule has 0 aliphatic rings. The molecule has 0 unspecified atom stereocenters. The van der Waals surface area contributed by atoms with E-state index in [1.807, 2.05) is 0 Å². The SMILES string of the molecule is C=C(C)CN(C)CCCCCNC(C)(C)C. The van der Waals surface area contributed by atoms with Crippen LogP contribution in [0.15, 0.2) is 12.2 Å². The average Bonchev–Trinajstić information content (AvgIpc) is 2.07. The van der Waals surface area contributed by atoms with Gasteiger partial charge in [-0.2, -0.15) is 0 Å². The van der Waals surface area contributed by atoms with Crippen LogP contribution in [-0.2, 0) is 0 Å². The van der Waals surface area contributed by atoms with Crippen LogP contribution in [0, 0.1) is 0 Å². The Labute approximate surface area is 102 Å². The Hall–Kier alpha value is -0.340. The van der Waals surface area contributed by atoms with E-state index in [-0.39, 0.29) is 5.54 Å². The molecule has 96 valence electrons. The van der Waals surface area contributed by atoms with Crippen molar-refractivity contribution in [2.45, 2.75) is 52.5 Å². The molecular weight excluding hydrogens is 196 g/mol. The summed E-state index contributed by atoms with van der Waals surface area (Å²) in [5.74, 6) is 0. The quantitative estimate of drug-likeness (QED) is 0.505. The Bertz CT molecular complexity index is 191. The van der Waals surface area contributed by atoms with Crippen molar-refractivity contribution >= 4 is 0 Å². The topological polar surface area (TPSA) is 15.3 Å². The van der Waals surface area contributed by atoms with Gasteiger partial charge >= 0.3 is 0 Å².